The Bertz CT molecular complexity index is 875. The first kappa shape index (κ1) is 20.2. The lowest BCUT2D eigenvalue weighted by Gasteiger charge is -2.35. The van der Waals surface area contributed by atoms with Crippen LogP contribution in [0, 0.1) is 17.7 Å². The summed E-state index contributed by atoms with van der Waals surface area (Å²) in [5, 5.41) is 10.7. The fraction of sp³-hybridized carbons (Fsp3) is 0.455. The standard InChI is InChI=1S/C22H26FN3O2/c1-21(2,3)28-20-19(24-12-13-25-20)16-26-14-10-22(27,11-15-26)9-8-17-6-4-5-7-18(17)23/h4-7,12-13,27H,10-11,14-16H2,1-3H3. The first-order valence-corrected chi connectivity index (χ1v) is 9.45. The van der Waals surface area contributed by atoms with Crippen LogP contribution in [0.15, 0.2) is 36.7 Å². The Morgan fingerprint density at radius 2 is 1.86 bits per heavy atom. The number of aromatic nitrogens is 2. The van der Waals surface area contributed by atoms with E-state index in [-0.39, 0.29) is 11.4 Å². The molecule has 1 aromatic carbocycles. The molecule has 1 fully saturated rings. The molecule has 0 saturated carbocycles. The average Bonchev–Trinajstić information content (AvgIpc) is 2.64. The minimum absolute atomic E-state index is 0.307. The van der Waals surface area contributed by atoms with Gasteiger partial charge in [0.25, 0.3) is 0 Å². The van der Waals surface area contributed by atoms with Crippen molar-refractivity contribution in [2.75, 3.05) is 13.1 Å². The van der Waals surface area contributed by atoms with Gasteiger partial charge in [-0.15, -0.1) is 0 Å². The van der Waals surface area contributed by atoms with E-state index in [9.17, 15) is 9.50 Å². The molecule has 1 aliphatic heterocycles. The highest BCUT2D eigenvalue weighted by Gasteiger charge is 2.31. The predicted molar refractivity (Wildman–Crippen MR) is 105 cm³/mol. The fourth-order valence-corrected chi connectivity index (χ4v) is 3.00. The molecule has 148 valence electrons. The van der Waals surface area contributed by atoms with Crippen LogP contribution in [0.1, 0.15) is 44.9 Å². The SMILES string of the molecule is CC(C)(C)Oc1nccnc1CN1CCC(O)(C#Cc2ccccc2F)CC1. The predicted octanol–water partition coefficient (Wildman–Crippen LogP) is 3.17. The molecule has 2 heterocycles. The molecule has 1 aromatic heterocycles. The lowest BCUT2D eigenvalue weighted by molar-refractivity contribution is 0.0236. The average molecular weight is 383 g/mol. The van der Waals surface area contributed by atoms with Crippen LogP contribution >= 0.6 is 0 Å². The van der Waals surface area contributed by atoms with Crippen LogP contribution in [0.25, 0.3) is 0 Å². The number of hydrogen-bond donors (Lipinski definition) is 1. The van der Waals surface area contributed by atoms with E-state index < -0.39 is 5.60 Å². The number of halogens is 1. The van der Waals surface area contributed by atoms with Gasteiger partial charge in [0.05, 0.1) is 5.56 Å². The van der Waals surface area contributed by atoms with E-state index in [1.54, 1.807) is 30.6 Å². The summed E-state index contributed by atoms with van der Waals surface area (Å²) in [5.74, 6) is 5.82. The van der Waals surface area contributed by atoms with Crippen molar-refractivity contribution >= 4 is 0 Å². The van der Waals surface area contributed by atoms with Gasteiger partial charge in [-0.25, -0.2) is 9.37 Å². The summed E-state index contributed by atoms with van der Waals surface area (Å²) in [7, 11) is 0. The Labute approximate surface area is 165 Å². The van der Waals surface area contributed by atoms with E-state index in [4.69, 9.17) is 4.74 Å². The van der Waals surface area contributed by atoms with Crippen LogP contribution in [-0.4, -0.2) is 44.3 Å². The molecule has 0 aliphatic carbocycles. The van der Waals surface area contributed by atoms with Crippen LogP contribution in [0.4, 0.5) is 4.39 Å². The number of piperidine rings is 1. The third kappa shape index (κ3) is 5.51. The zero-order chi connectivity index (χ0) is 20.2. The van der Waals surface area contributed by atoms with Crippen molar-refractivity contribution in [3.63, 3.8) is 0 Å². The maximum Gasteiger partial charge on any atom is 0.237 e. The van der Waals surface area contributed by atoms with Crippen molar-refractivity contribution in [2.45, 2.75) is 51.4 Å². The van der Waals surface area contributed by atoms with E-state index in [1.807, 2.05) is 20.8 Å². The Morgan fingerprint density at radius 3 is 2.54 bits per heavy atom. The molecular weight excluding hydrogens is 357 g/mol. The second-order valence-electron chi connectivity index (χ2n) is 8.06. The van der Waals surface area contributed by atoms with Gasteiger partial charge in [-0.1, -0.05) is 24.0 Å². The van der Waals surface area contributed by atoms with Crippen LogP contribution in [-0.2, 0) is 6.54 Å². The molecule has 0 spiro atoms. The van der Waals surface area contributed by atoms with Crippen molar-refractivity contribution in [3.05, 3.63) is 53.7 Å². The van der Waals surface area contributed by atoms with Crippen LogP contribution in [0.5, 0.6) is 5.88 Å². The summed E-state index contributed by atoms with van der Waals surface area (Å²) in [6, 6.07) is 6.34. The molecule has 28 heavy (non-hydrogen) atoms. The molecule has 0 bridgehead atoms. The Hall–Kier alpha value is -2.49. The Morgan fingerprint density at radius 1 is 1.18 bits per heavy atom. The number of hydrogen-bond acceptors (Lipinski definition) is 5. The number of likely N-dealkylation sites (tertiary alicyclic amines) is 1. The summed E-state index contributed by atoms with van der Waals surface area (Å²) < 4.78 is 19.6. The molecule has 1 aliphatic rings. The van der Waals surface area contributed by atoms with Crippen LogP contribution in [0.3, 0.4) is 0 Å². The van der Waals surface area contributed by atoms with Crippen molar-refractivity contribution in [1.29, 1.82) is 0 Å². The summed E-state index contributed by atoms with van der Waals surface area (Å²) in [6.45, 7) is 7.83. The molecule has 0 radical (unpaired) electrons. The van der Waals surface area contributed by atoms with Gasteiger partial charge < -0.3 is 9.84 Å². The topological polar surface area (TPSA) is 58.5 Å². The first-order chi connectivity index (χ1) is 13.2. The highest BCUT2D eigenvalue weighted by atomic mass is 19.1. The summed E-state index contributed by atoms with van der Waals surface area (Å²) >= 11 is 0. The van der Waals surface area contributed by atoms with Gasteiger partial charge in [-0.05, 0) is 32.9 Å². The molecule has 6 heteroatoms. The summed E-state index contributed by atoms with van der Waals surface area (Å²) in [5.41, 5.74) is -0.372. The molecule has 0 unspecified atom stereocenters. The number of benzene rings is 1. The van der Waals surface area contributed by atoms with Crippen LogP contribution < -0.4 is 4.74 Å². The van der Waals surface area contributed by atoms with Gasteiger partial charge in [0.1, 0.15) is 22.7 Å². The fourth-order valence-electron chi connectivity index (χ4n) is 3.00. The molecule has 1 N–H and O–H groups in total. The van der Waals surface area contributed by atoms with E-state index in [1.165, 1.54) is 6.07 Å². The highest BCUT2D eigenvalue weighted by Crippen LogP contribution is 2.25. The van der Waals surface area contributed by atoms with Crippen molar-refractivity contribution in [2.24, 2.45) is 0 Å². The molecule has 3 rings (SSSR count). The number of nitrogens with zero attached hydrogens (tertiary/aromatic N) is 3. The van der Waals surface area contributed by atoms with Crippen molar-refractivity contribution < 1.29 is 14.2 Å². The third-order valence-corrected chi connectivity index (χ3v) is 4.50. The van der Waals surface area contributed by atoms with E-state index in [0.717, 1.165) is 5.69 Å². The van der Waals surface area contributed by atoms with Gasteiger partial charge in [0, 0.05) is 44.9 Å². The van der Waals surface area contributed by atoms with E-state index in [2.05, 4.69) is 26.7 Å². The second kappa shape index (κ2) is 8.26. The lowest BCUT2D eigenvalue weighted by Crippen LogP contribution is -2.43. The quantitative estimate of drug-likeness (QED) is 0.825. The molecular formula is C22H26FN3O2. The molecule has 2 aromatic rings. The zero-order valence-electron chi connectivity index (χ0n) is 16.6. The van der Waals surface area contributed by atoms with Gasteiger partial charge >= 0.3 is 0 Å². The Balaban J connectivity index is 1.63. The minimum Gasteiger partial charge on any atom is -0.471 e. The molecule has 1 saturated heterocycles. The van der Waals surface area contributed by atoms with E-state index in [0.29, 0.717) is 43.9 Å². The normalized spacial score (nSPS) is 16.9. The molecule has 0 atom stereocenters. The van der Waals surface area contributed by atoms with Gasteiger partial charge in [-0.3, -0.25) is 9.88 Å². The Kier molecular flexibility index (Phi) is 5.97. The number of aliphatic hydroxyl groups is 1. The van der Waals surface area contributed by atoms with Gasteiger partial charge in [-0.2, -0.15) is 0 Å². The van der Waals surface area contributed by atoms with Gasteiger partial charge in [0.2, 0.25) is 5.88 Å². The minimum atomic E-state index is -1.11. The van der Waals surface area contributed by atoms with E-state index >= 15 is 0 Å². The second-order valence-corrected chi connectivity index (χ2v) is 8.06. The number of ether oxygens (including phenoxy) is 1. The number of rotatable bonds is 3. The largest absolute Gasteiger partial charge is 0.471 e. The maximum absolute atomic E-state index is 13.7. The zero-order valence-corrected chi connectivity index (χ0v) is 16.6. The van der Waals surface area contributed by atoms with Gasteiger partial charge in [0.15, 0.2) is 0 Å². The third-order valence-electron chi connectivity index (χ3n) is 4.50. The smallest absolute Gasteiger partial charge is 0.237 e. The van der Waals surface area contributed by atoms with Crippen LogP contribution in [0.2, 0.25) is 0 Å². The van der Waals surface area contributed by atoms with Crippen molar-refractivity contribution in [3.8, 4) is 17.7 Å². The maximum atomic E-state index is 13.7. The summed E-state index contributed by atoms with van der Waals surface area (Å²) in [4.78, 5) is 10.9. The first-order valence-electron chi connectivity index (χ1n) is 9.45. The highest BCUT2D eigenvalue weighted by molar-refractivity contribution is 5.37. The monoisotopic (exact) mass is 383 g/mol. The molecule has 0 amide bonds. The molecule has 5 nitrogen and oxygen atoms in total. The summed E-state index contributed by atoms with van der Waals surface area (Å²) in [6.07, 6.45) is 4.26. The van der Waals surface area contributed by atoms with Crippen molar-refractivity contribution in [1.82, 2.24) is 14.9 Å². The lowest BCUT2D eigenvalue weighted by atomic mass is 9.91.